The molecule has 1 atom stereocenters. The fraction of sp³-hybridized carbons (Fsp3) is 0.333. The van der Waals surface area contributed by atoms with Crippen molar-refractivity contribution < 1.29 is 9.63 Å². The van der Waals surface area contributed by atoms with Gasteiger partial charge in [0.25, 0.3) is 0 Å². The average molecular weight is 287 g/mol. The van der Waals surface area contributed by atoms with E-state index in [4.69, 9.17) is 27.7 Å². The number of aliphatic hydroxyl groups is 1. The van der Waals surface area contributed by atoms with E-state index >= 15 is 0 Å². The van der Waals surface area contributed by atoms with Gasteiger partial charge in [0.15, 0.2) is 5.82 Å². The Kier molecular flexibility index (Phi) is 4.22. The summed E-state index contributed by atoms with van der Waals surface area (Å²) in [5, 5.41) is 14.3. The number of aromatic nitrogens is 2. The molecule has 0 aliphatic rings. The zero-order chi connectivity index (χ0) is 13.1. The molecule has 0 saturated heterocycles. The van der Waals surface area contributed by atoms with Gasteiger partial charge in [0.2, 0.25) is 5.89 Å². The van der Waals surface area contributed by atoms with Gasteiger partial charge in [-0.3, -0.25) is 0 Å². The Hall–Kier alpha value is -1.10. The topological polar surface area (TPSA) is 59.2 Å². The normalized spacial score (nSPS) is 12.7. The largest absolute Gasteiger partial charge is 0.385 e. The van der Waals surface area contributed by atoms with Crippen LogP contribution in [0.15, 0.2) is 22.7 Å². The SMILES string of the molecule is CCC(O)c1noc(Cc2ccc(Cl)c(Cl)c2)n1. The van der Waals surface area contributed by atoms with Crippen molar-refractivity contribution in [3.8, 4) is 0 Å². The van der Waals surface area contributed by atoms with E-state index in [1.807, 2.05) is 13.0 Å². The Morgan fingerprint density at radius 1 is 1.33 bits per heavy atom. The van der Waals surface area contributed by atoms with Gasteiger partial charge in [-0.1, -0.05) is 41.3 Å². The fourth-order valence-electron chi connectivity index (χ4n) is 1.48. The molecule has 1 heterocycles. The van der Waals surface area contributed by atoms with Crippen molar-refractivity contribution in [2.75, 3.05) is 0 Å². The number of hydrogen-bond acceptors (Lipinski definition) is 4. The first-order valence-corrected chi connectivity index (χ1v) is 6.30. The molecule has 1 N–H and O–H groups in total. The van der Waals surface area contributed by atoms with Crippen LogP contribution in [0.2, 0.25) is 10.0 Å². The van der Waals surface area contributed by atoms with Crippen LogP contribution in [0.25, 0.3) is 0 Å². The second-order valence-corrected chi connectivity index (χ2v) is 4.71. The summed E-state index contributed by atoms with van der Waals surface area (Å²) in [5.74, 6) is 0.753. The Labute approximate surface area is 115 Å². The van der Waals surface area contributed by atoms with E-state index in [1.165, 1.54) is 0 Å². The molecule has 0 aliphatic heterocycles. The van der Waals surface area contributed by atoms with Crippen LogP contribution in [-0.2, 0) is 6.42 Å². The summed E-state index contributed by atoms with van der Waals surface area (Å²) < 4.78 is 5.06. The highest BCUT2D eigenvalue weighted by Crippen LogP contribution is 2.24. The maximum Gasteiger partial charge on any atom is 0.231 e. The lowest BCUT2D eigenvalue weighted by molar-refractivity contribution is 0.159. The van der Waals surface area contributed by atoms with Crippen LogP contribution in [0.1, 0.15) is 36.7 Å². The molecular weight excluding hydrogens is 275 g/mol. The third kappa shape index (κ3) is 3.02. The minimum absolute atomic E-state index is 0.313. The Balaban J connectivity index is 2.13. The quantitative estimate of drug-likeness (QED) is 0.936. The van der Waals surface area contributed by atoms with Crippen LogP contribution >= 0.6 is 23.2 Å². The molecule has 2 rings (SSSR count). The highest BCUT2D eigenvalue weighted by molar-refractivity contribution is 6.42. The maximum absolute atomic E-state index is 9.57. The van der Waals surface area contributed by atoms with Crippen molar-refractivity contribution in [1.29, 1.82) is 0 Å². The molecule has 96 valence electrons. The molecule has 0 aliphatic carbocycles. The second-order valence-electron chi connectivity index (χ2n) is 3.90. The number of hydrogen-bond donors (Lipinski definition) is 1. The third-order valence-electron chi connectivity index (χ3n) is 2.51. The van der Waals surface area contributed by atoms with Gasteiger partial charge < -0.3 is 9.63 Å². The number of benzene rings is 1. The van der Waals surface area contributed by atoms with E-state index in [1.54, 1.807) is 12.1 Å². The molecule has 0 amide bonds. The fourth-order valence-corrected chi connectivity index (χ4v) is 1.80. The molecule has 1 unspecified atom stereocenters. The first kappa shape index (κ1) is 13.3. The predicted molar refractivity (Wildman–Crippen MR) is 68.8 cm³/mol. The van der Waals surface area contributed by atoms with E-state index in [0.29, 0.717) is 34.6 Å². The zero-order valence-corrected chi connectivity index (χ0v) is 11.2. The Morgan fingerprint density at radius 3 is 2.78 bits per heavy atom. The van der Waals surface area contributed by atoms with E-state index in [2.05, 4.69) is 10.1 Å². The maximum atomic E-state index is 9.57. The number of nitrogens with zero attached hydrogens (tertiary/aromatic N) is 2. The standard InChI is InChI=1S/C12H12Cl2N2O2/c1-2-10(17)12-15-11(18-16-12)6-7-3-4-8(13)9(14)5-7/h3-5,10,17H,2,6H2,1H3. The lowest BCUT2D eigenvalue weighted by Gasteiger charge is -2.00. The molecule has 4 nitrogen and oxygen atoms in total. The Bertz CT molecular complexity index is 543. The summed E-state index contributed by atoms with van der Waals surface area (Å²) in [5.41, 5.74) is 0.922. The molecule has 1 aromatic heterocycles. The van der Waals surface area contributed by atoms with Crippen LogP contribution < -0.4 is 0 Å². The van der Waals surface area contributed by atoms with Gasteiger partial charge in [0, 0.05) is 0 Å². The smallest absolute Gasteiger partial charge is 0.231 e. The lowest BCUT2D eigenvalue weighted by Crippen LogP contribution is -1.98. The van der Waals surface area contributed by atoms with Crippen LogP contribution in [0.3, 0.4) is 0 Å². The van der Waals surface area contributed by atoms with Crippen LogP contribution in [0.5, 0.6) is 0 Å². The van der Waals surface area contributed by atoms with Crippen LogP contribution in [0, 0.1) is 0 Å². The first-order valence-electron chi connectivity index (χ1n) is 5.54. The molecule has 1 aromatic carbocycles. The number of halogens is 2. The van der Waals surface area contributed by atoms with Crippen molar-refractivity contribution in [3.63, 3.8) is 0 Å². The van der Waals surface area contributed by atoms with Crippen molar-refractivity contribution in [2.45, 2.75) is 25.9 Å². The average Bonchev–Trinajstić information content (AvgIpc) is 2.81. The predicted octanol–water partition coefficient (Wildman–Crippen LogP) is 3.41. The van der Waals surface area contributed by atoms with E-state index in [-0.39, 0.29) is 0 Å². The summed E-state index contributed by atoms with van der Waals surface area (Å²) in [6, 6.07) is 5.32. The summed E-state index contributed by atoms with van der Waals surface area (Å²) in [6.45, 7) is 1.85. The molecule has 0 fully saturated rings. The van der Waals surface area contributed by atoms with Gasteiger partial charge in [-0.2, -0.15) is 4.98 Å². The molecule has 6 heteroatoms. The van der Waals surface area contributed by atoms with Gasteiger partial charge in [0.1, 0.15) is 6.10 Å². The molecule has 0 saturated carbocycles. The van der Waals surface area contributed by atoms with E-state index < -0.39 is 6.10 Å². The van der Waals surface area contributed by atoms with Crippen LogP contribution in [-0.4, -0.2) is 15.2 Å². The van der Waals surface area contributed by atoms with E-state index in [9.17, 15) is 5.11 Å². The molecule has 0 spiro atoms. The minimum atomic E-state index is -0.684. The van der Waals surface area contributed by atoms with Gasteiger partial charge in [-0.25, -0.2) is 0 Å². The molecule has 0 radical (unpaired) electrons. The molecule has 0 bridgehead atoms. The van der Waals surface area contributed by atoms with Crippen molar-refractivity contribution >= 4 is 23.2 Å². The van der Waals surface area contributed by atoms with Gasteiger partial charge in [-0.05, 0) is 24.1 Å². The zero-order valence-electron chi connectivity index (χ0n) is 9.73. The van der Waals surface area contributed by atoms with E-state index in [0.717, 1.165) is 5.56 Å². The summed E-state index contributed by atoms with van der Waals surface area (Å²) >= 11 is 11.8. The Morgan fingerprint density at radius 2 is 2.11 bits per heavy atom. The summed E-state index contributed by atoms with van der Waals surface area (Å²) in [7, 11) is 0. The second kappa shape index (κ2) is 5.69. The lowest BCUT2D eigenvalue weighted by atomic mass is 10.1. The molecular formula is C12H12Cl2N2O2. The number of aliphatic hydroxyl groups excluding tert-OH is 1. The monoisotopic (exact) mass is 286 g/mol. The van der Waals surface area contributed by atoms with Crippen molar-refractivity contribution in [2.24, 2.45) is 0 Å². The molecule has 2 aromatic rings. The van der Waals surface area contributed by atoms with Gasteiger partial charge in [0.05, 0.1) is 16.5 Å². The minimum Gasteiger partial charge on any atom is -0.385 e. The van der Waals surface area contributed by atoms with Crippen molar-refractivity contribution in [1.82, 2.24) is 10.1 Å². The van der Waals surface area contributed by atoms with Gasteiger partial charge in [-0.15, -0.1) is 0 Å². The molecule has 18 heavy (non-hydrogen) atoms. The third-order valence-corrected chi connectivity index (χ3v) is 3.25. The first-order chi connectivity index (χ1) is 8.60. The van der Waals surface area contributed by atoms with Crippen LogP contribution in [0.4, 0.5) is 0 Å². The highest BCUT2D eigenvalue weighted by atomic mass is 35.5. The van der Waals surface area contributed by atoms with Crippen molar-refractivity contribution in [3.05, 3.63) is 45.5 Å². The van der Waals surface area contributed by atoms with Gasteiger partial charge >= 0.3 is 0 Å². The highest BCUT2D eigenvalue weighted by Gasteiger charge is 2.14. The summed E-state index contributed by atoms with van der Waals surface area (Å²) in [4.78, 5) is 4.12. The summed E-state index contributed by atoms with van der Waals surface area (Å²) in [6.07, 6.45) is 0.322. The number of rotatable bonds is 4.